The molecule has 0 radical (unpaired) electrons. The molecule has 1 aliphatic heterocycles. The Labute approximate surface area is 153 Å². The van der Waals surface area contributed by atoms with E-state index in [0.717, 1.165) is 4.90 Å². The molecular formula is C19H20N2O4S. The lowest BCUT2D eigenvalue weighted by Crippen LogP contribution is -2.40. The highest BCUT2D eigenvalue weighted by Crippen LogP contribution is 2.27. The van der Waals surface area contributed by atoms with Crippen molar-refractivity contribution in [2.24, 2.45) is 0 Å². The molecule has 0 atom stereocenters. The Hall–Kier alpha value is -2.67. The first-order valence-electron chi connectivity index (χ1n) is 8.49. The van der Waals surface area contributed by atoms with Crippen LogP contribution in [-0.4, -0.2) is 26.8 Å². The number of nitrogens with zero attached hydrogens (tertiary/aromatic N) is 2. The number of carbonyl (C=O) groups excluding carboxylic acids is 2. The highest BCUT2D eigenvalue weighted by atomic mass is 32.2. The largest absolute Gasteiger partial charge is 0.274 e. The monoisotopic (exact) mass is 372 g/mol. The summed E-state index contributed by atoms with van der Waals surface area (Å²) < 4.78 is 27.2. The van der Waals surface area contributed by atoms with Crippen LogP contribution in [0.3, 0.4) is 0 Å². The molecule has 0 bridgehead atoms. The molecule has 0 N–H and O–H groups in total. The van der Waals surface area contributed by atoms with Crippen LogP contribution >= 0.6 is 0 Å². The molecule has 7 heteroatoms. The molecule has 0 saturated carbocycles. The number of amides is 2. The van der Waals surface area contributed by atoms with Crippen LogP contribution in [0.5, 0.6) is 0 Å². The highest BCUT2D eigenvalue weighted by Gasteiger charge is 2.28. The molecule has 136 valence electrons. The Balaban J connectivity index is 1.92. The molecule has 2 aromatic carbocycles. The fourth-order valence-corrected chi connectivity index (χ4v) is 4.50. The summed E-state index contributed by atoms with van der Waals surface area (Å²) in [6, 6.07) is 14.7. The van der Waals surface area contributed by atoms with Crippen molar-refractivity contribution >= 4 is 33.2 Å². The van der Waals surface area contributed by atoms with Crippen LogP contribution in [0.25, 0.3) is 0 Å². The van der Waals surface area contributed by atoms with Crippen LogP contribution in [0.2, 0.25) is 0 Å². The number of para-hydroxylation sites is 1. The summed E-state index contributed by atoms with van der Waals surface area (Å²) in [7, 11) is -3.73. The van der Waals surface area contributed by atoms with E-state index in [-0.39, 0.29) is 23.3 Å². The van der Waals surface area contributed by atoms with Crippen molar-refractivity contribution in [2.75, 3.05) is 15.7 Å². The average molecular weight is 372 g/mol. The summed E-state index contributed by atoms with van der Waals surface area (Å²) in [5.41, 5.74) is 0.988. The number of hydrogen-bond donors (Lipinski definition) is 0. The van der Waals surface area contributed by atoms with Gasteiger partial charge in [-0.3, -0.25) is 18.8 Å². The van der Waals surface area contributed by atoms with Gasteiger partial charge in [-0.25, -0.2) is 8.42 Å². The first-order valence-corrected chi connectivity index (χ1v) is 9.93. The molecule has 6 nitrogen and oxygen atoms in total. The molecule has 26 heavy (non-hydrogen) atoms. The van der Waals surface area contributed by atoms with Crippen molar-refractivity contribution in [2.45, 2.75) is 31.1 Å². The Bertz CT molecular complexity index is 892. The van der Waals surface area contributed by atoms with Gasteiger partial charge >= 0.3 is 0 Å². The molecule has 1 aliphatic rings. The molecule has 1 heterocycles. The first-order chi connectivity index (χ1) is 12.4. The molecule has 0 aromatic heterocycles. The number of piperidine rings is 1. The summed E-state index contributed by atoms with van der Waals surface area (Å²) in [5, 5.41) is 0. The van der Waals surface area contributed by atoms with Crippen LogP contribution in [0.4, 0.5) is 11.4 Å². The van der Waals surface area contributed by atoms with Crippen LogP contribution < -0.4 is 9.21 Å². The number of hydrogen-bond acceptors (Lipinski definition) is 4. The lowest BCUT2D eigenvalue weighted by Gasteiger charge is -2.26. The van der Waals surface area contributed by atoms with Gasteiger partial charge in [-0.05, 0) is 49.7 Å². The zero-order valence-corrected chi connectivity index (χ0v) is 15.3. The van der Waals surface area contributed by atoms with E-state index in [0.29, 0.717) is 30.6 Å². The quantitative estimate of drug-likeness (QED) is 0.756. The topological polar surface area (TPSA) is 74.8 Å². The average Bonchev–Trinajstić information content (AvgIpc) is 2.63. The second kappa shape index (κ2) is 7.29. The fourth-order valence-electron chi connectivity index (χ4n) is 3.02. The van der Waals surface area contributed by atoms with Gasteiger partial charge in [0.2, 0.25) is 11.8 Å². The van der Waals surface area contributed by atoms with Crippen molar-refractivity contribution in [3.05, 3.63) is 54.6 Å². The molecular weight excluding hydrogens is 352 g/mol. The molecule has 0 spiro atoms. The van der Waals surface area contributed by atoms with Gasteiger partial charge in [-0.15, -0.1) is 0 Å². The van der Waals surface area contributed by atoms with Gasteiger partial charge in [-0.1, -0.05) is 18.2 Å². The van der Waals surface area contributed by atoms with Gasteiger partial charge in [-0.2, -0.15) is 0 Å². The van der Waals surface area contributed by atoms with E-state index in [4.69, 9.17) is 0 Å². The van der Waals surface area contributed by atoms with Gasteiger partial charge in [0.15, 0.2) is 0 Å². The minimum absolute atomic E-state index is 0.115. The summed E-state index contributed by atoms with van der Waals surface area (Å²) in [5.74, 6) is -0.507. The predicted octanol–water partition coefficient (Wildman–Crippen LogP) is 2.95. The van der Waals surface area contributed by atoms with Gasteiger partial charge < -0.3 is 0 Å². The lowest BCUT2D eigenvalue weighted by molar-refractivity contribution is -0.129. The Morgan fingerprint density at radius 3 is 2.04 bits per heavy atom. The molecule has 0 aliphatic carbocycles. The van der Waals surface area contributed by atoms with E-state index in [1.807, 2.05) is 6.07 Å². The van der Waals surface area contributed by atoms with Crippen molar-refractivity contribution < 1.29 is 18.0 Å². The predicted molar refractivity (Wildman–Crippen MR) is 99.4 cm³/mol. The van der Waals surface area contributed by atoms with Crippen LogP contribution in [0.15, 0.2) is 59.5 Å². The van der Waals surface area contributed by atoms with Crippen LogP contribution in [-0.2, 0) is 19.6 Å². The molecule has 0 unspecified atom stereocenters. The maximum Gasteiger partial charge on any atom is 0.264 e. The molecule has 1 saturated heterocycles. The summed E-state index contributed by atoms with van der Waals surface area (Å²) in [4.78, 5) is 25.3. The van der Waals surface area contributed by atoms with Gasteiger partial charge in [0.1, 0.15) is 0 Å². The minimum Gasteiger partial charge on any atom is -0.274 e. The third kappa shape index (κ3) is 3.35. The fraction of sp³-hybridized carbons (Fsp3) is 0.263. The number of benzene rings is 2. The third-order valence-corrected chi connectivity index (χ3v) is 6.21. The van der Waals surface area contributed by atoms with Crippen molar-refractivity contribution in [1.82, 2.24) is 0 Å². The first kappa shape index (κ1) is 18.1. The zero-order chi connectivity index (χ0) is 18.7. The Morgan fingerprint density at radius 2 is 1.50 bits per heavy atom. The van der Waals surface area contributed by atoms with Crippen molar-refractivity contribution in [3.8, 4) is 0 Å². The van der Waals surface area contributed by atoms with Crippen LogP contribution in [0, 0.1) is 0 Å². The third-order valence-electron chi connectivity index (χ3n) is 4.29. The second-order valence-corrected chi connectivity index (χ2v) is 7.84. The Kier molecular flexibility index (Phi) is 5.08. The second-order valence-electron chi connectivity index (χ2n) is 5.98. The smallest absolute Gasteiger partial charge is 0.264 e. The van der Waals surface area contributed by atoms with Crippen molar-refractivity contribution in [3.63, 3.8) is 0 Å². The molecule has 2 amide bonds. The SMILES string of the molecule is CCN(c1ccccc1)S(=O)(=O)c1ccc(N2C(=O)CCCC2=O)cc1. The molecule has 2 aromatic rings. The number of rotatable bonds is 5. The van der Waals surface area contributed by atoms with E-state index in [1.165, 1.54) is 28.6 Å². The van der Waals surface area contributed by atoms with Crippen molar-refractivity contribution in [1.29, 1.82) is 0 Å². The van der Waals surface area contributed by atoms with E-state index < -0.39 is 10.0 Å². The number of sulfonamides is 1. The van der Waals surface area contributed by atoms with Gasteiger partial charge in [0.25, 0.3) is 10.0 Å². The number of imide groups is 1. The summed E-state index contributed by atoms with van der Waals surface area (Å²) in [6.07, 6.45) is 1.20. The standard InChI is InChI=1S/C19H20N2O4S/c1-2-20(15-7-4-3-5-8-15)26(24,25)17-13-11-16(12-14-17)21-18(22)9-6-10-19(21)23/h3-5,7-8,11-14H,2,6,9-10H2,1H3. The Morgan fingerprint density at radius 1 is 0.923 bits per heavy atom. The minimum atomic E-state index is -3.73. The van der Waals surface area contributed by atoms with E-state index in [2.05, 4.69) is 0 Å². The summed E-state index contributed by atoms with van der Waals surface area (Å²) >= 11 is 0. The number of anilines is 2. The normalized spacial score (nSPS) is 15.2. The van der Waals surface area contributed by atoms with Crippen LogP contribution in [0.1, 0.15) is 26.2 Å². The van der Waals surface area contributed by atoms with E-state index in [9.17, 15) is 18.0 Å². The van der Waals surface area contributed by atoms with Gasteiger partial charge in [0.05, 0.1) is 16.3 Å². The molecule has 1 fully saturated rings. The van der Waals surface area contributed by atoms with Gasteiger partial charge in [0, 0.05) is 19.4 Å². The lowest BCUT2D eigenvalue weighted by atomic mass is 10.1. The van der Waals surface area contributed by atoms with E-state index >= 15 is 0 Å². The zero-order valence-electron chi connectivity index (χ0n) is 14.5. The van der Waals surface area contributed by atoms with E-state index in [1.54, 1.807) is 31.2 Å². The maximum absolute atomic E-state index is 13.0. The molecule has 3 rings (SSSR count). The number of carbonyl (C=O) groups is 2. The maximum atomic E-state index is 13.0. The summed E-state index contributed by atoms with van der Waals surface area (Å²) in [6.45, 7) is 2.06. The highest BCUT2D eigenvalue weighted by molar-refractivity contribution is 7.92.